The molecule has 0 fully saturated rings. The summed E-state index contributed by atoms with van der Waals surface area (Å²) < 4.78 is 5.69. The molecule has 0 spiro atoms. The number of hydrogen-bond donors (Lipinski definition) is 1. The molecule has 6 heteroatoms. The maximum Gasteiger partial charge on any atom is 0.261 e. The zero-order chi connectivity index (χ0) is 20.1. The molecule has 1 aromatic heterocycles. The van der Waals surface area contributed by atoms with Crippen molar-refractivity contribution in [1.82, 2.24) is 15.2 Å². The Kier molecular flexibility index (Phi) is 5.52. The predicted molar refractivity (Wildman–Crippen MR) is 108 cm³/mol. The summed E-state index contributed by atoms with van der Waals surface area (Å²) in [5, 5.41) is 2.97. The molecule has 2 heterocycles. The Morgan fingerprint density at radius 1 is 1.03 bits per heavy atom. The van der Waals surface area contributed by atoms with Gasteiger partial charge >= 0.3 is 0 Å². The molecule has 1 atom stereocenters. The van der Waals surface area contributed by atoms with Crippen molar-refractivity contribution in [3.8, 4) is 5.75 Å². The Labute approximate surface area is 169 Å². The number of para-hydroxylation sites is 1. The number of rotatable bonds is 5. The minimum atomic E-state index is -0.787. The van der Waals surface area contributed by atoms with Gasteiger partial charge in [-0.1, -0.05) is 54.6 Å². The van der Waals surface area contributed by atoms with E-state index in [1.165, 1.54) is 0 Å². The van der Waals surface area contributed by atoms with Crippen molar-refractivity contribution < 1.29 is 14.3 Å². The molecule has 1 N–H and O–H groups in total. The van der Waals surface area contributed by atoms with Gasteiger partial charge in [-0.3, -0.25) is 14.6 Å². The number of aromatic nitrogens is 1. The van der Waals surface area contributed by atoms with Crippen LogP contribution in [-0.4, -0.2) is 28.3 Å². The molecule has 1 unspecified atom stereocenters. The molecule has 0 saturated carbocycles. The molecule has 0 bridgehead atoms. The zero-order valence-corrected chi connectivity index (χ0v) is 15.8. The van der Waals surface area contributed by atoms with Crippen LogP contribution in [0.3, 0.4) is 0 Å². The Bertz CT molecular complexity index is 993. The van der Waals surface area contributed by atoms with E-state index in [0.717, 1.165) is 11.1 Å². The fraction of sp³-hybridized carbons (Fsp3) is 0.174. The molecule has 1 aliphatic heterocycles. The highest BCUT2D eigenvalue weighted by molar-refractivity contribution is 5.90. The van der Waals surface area contributed by atoms with Gasteiger partial charge in [0.05, 0.1) is 0 Å². The molecule has 0 saturated heterocycles. The standard InChI is InChI=1S/C23H21N3O3/c27-21-16-29-20-11-5-4-10-19(20)22(26(21)15-18-9-6-12-24-13-18)23(28)25-14-17-7-2-1-3-8-17/h1-13,22H,14-16H2,(H,25,28). The smallest absolute Gasteiger partial charge is 0.261 e. The maximum absolute atomic E-state index is 13.3. The number of carbonyl (C=O) groups excluding carboxylic acids is 2. The monoisotopic (exact) mass is 387 g/mol. The van der Waals surface area contributed by atoms with E-state index < -0.39 is 6.04 Å². The van der Waals surface area contributed by atoms with Gasteiger partial charge in [0.15, 0.2) is 6.61 Å². The molecule has 146 valence electrons. The average Bonchev–Trinajstić information content (AvgIpc) is 2.90. The first-order chi connectivity index (χ1) is 14.2. The van der Waals surface area contributed by atoms with Gasteiger partial charge in [0.1, 0.15) is 11.8 Å². The second-order valence-corrected chi connectivity index (χ2v) is 6.82. The number of ether oxygens (including phenoxy) is 1. The summed E-state index contributed by atoms with van der Waals surface area (Å²) in [4.78, 5) is 31.8. The fourth-order valence-electron chi connectivity index (χ4n) is 3.40. The highest BCUT2D eigenvalue weighted by atomic mass is 16.5. The lowest BCUT2D eigenvalue weighted by molar-refractivity contribution is -0.142. The van der Waals surface area contributed by atoms with E-state index in [4.69, 9.17) is 4.74 Å². The van der Waals surface area contributed by atoms with Crippen LogP contribution in [0.1, 0.15) is 22.7 Å². The van der Waals surface area contributed by atoms with E-state index in [9.17, 15) is 9.59 Å². The van der Waals surface area contributed by atoms with E-state index in [1.807, 2.05) is 60.7 Å². The van der Waals surface area contributed by atoms with E-state index >= 15 is 0 Å². The van der Waals surface area contributed by atoms with Crippen molar-refractivity contribution in [2.45, 2.75) is 19.1 Å². The van der Waals surface area contributed by atoms with Gasteiger partial charge in [-0.25, -0.2) is 0 Å². The molecule has 0 radical (unpaired) electrons. The molecule has 0 aliphatic carbocycles. The molecule has 6 nitrogen and oxygen atoms in total. The summed E-state index contributed by atoms with van der Waals surface area (Å²) in [5.41, 5.74) is 2.51. The van der Waals surface area contributed by atoms with Gasteiger partial charge in [-0.2, -0.15) is 0 Å². The van der Waals surface area contributed by atoms with Gasteiger partial charge in [-0.05, 0) is 23.3 Å². The lowest BCUT2D eigenvalue weighted by atomic mass is 10.0. The molecule has 2 aromatic carbocycles. The minimum absolute atomic E-state index is 0.111. The third-order valence-corrected chi connectivity index (χ3v) is 4.83. The van der Waals surface area contributed by atoms with Crippen LogP contribution in [0.2, 0.25) is 0 Å². The fourth-order valence-corrected chi connectivity index (χ4v) is 3.40. The Balaban J connectivity index is 1.65. The zero-order valence-electron chi connectivity index (χ0n) is 15.8. The number of pyridine rings is 1. The van der Waals surface area contributed by atoms with Gasteiger partial charge in [0.2, 0.25) is 5.91 Å². The van der Waals surface area contributed by atoms with Crippen LogP contribution >= 0.6 is 0 Å². The van der Waals surface area contributed by atoms with E-state index in [2.05, 4.69) is 10.3 Å². The van der Waals surface area contributed by atoms with E-state index in [0.29, 0.717) is 17.9 Å². The number of amides is 2. The van der Waals surface area contributed by atoms with Crippen LogP contribution in [0, 0.1) is 0 Å². The molecule has 4 rings (SSSR count). The number of nitrogens with zero attached hydrogens (tertiary/aromatic N) is 2. The Morgan fingerprint density at radius 3 is 2.59 bits per heavy atom. The Hall–Kier alpha value is -3.67. The van der Waals surface area contributed by atoms with Gasteiger partial charge in [0, 0.05) is 31.0 Å². The predicted octanol–water partition coefficient (Wildman–Crippen LogP) is 2.86. The highest BCUT2D eigenvalue weighted by Crippen LogP contribution is 2.33. The summed E-state index contributed by atoms with van der Waals surface area (Å²) in [6, 6.07) is 19.9. The van der Waals surface area contributed by atoms with Gasteiger partial charge in [-0.15, -0.1) is 0 Å². The second-order valence-electron chi connectivity index (χ2n) is 6.82. The van der Waals surface area contributed by atoms with E-state index in [1.54, 1.807) is 23.4 Å². The largest absolute Gasteiger partial charge is 0.483 e. The molecule has 1 aliphatic rings. The second kappa shape index (κ2) is 8.56. The molecular formula is C23H21N3O3. The quantitative estimate of drug-likeness (QED) is 0.731. The lowest BCUT2D eigenvalue weighted by Crippen LogP contribution is -2.43. The molecule has 29 heavy (non-hydrogen) atoms. The van der Waals surface area contributed by atoms with Crippen molar-refractivity contribution in [2.24, 2.45) is 0 Å². The number of nitrogens with one attached hydrogen (secondary N) is 1. The van der Waals surface area contributed by atoms with Crippen LogP contribution in [-0.2, 0) is 22.7 Å². The first-order valence-electron chi connectivity index (χ1n) is 9.44. The van der Waals surface area contributed by atoms with E-state index in [-0.39, 0.29) is 25.0 Å². The van der Waals surface area contributed by atoms with Crippen molar-refractivity contribution >= 4 is 11.8 Å². The summed E-state index contributed by atoms with van der Waals surface area (Å²) >= 11 is 0. The van der Waals surface area contributed by atoms with Crippen LogP contribution in [0.5, 0.6) is 5.75 Å². The third-order valence-electron chi connectivity index (χ3n) is 4.83. The molecule has 3 aromatic rings. The number of carbonyl (C=O) groups is 2. The van der Waals surface area contributed by atoms with Gasteiger partial charge in [0.25, 0.3) is 5.91 Å². The first-order valence-corrected chi connectivity index (χ1v) is 9.44. The van der Waals surface area contributed by atoms with Crippen molar-refractivity contribution in [3.63, 3.8) is 0 Å². The van der Waals surface area contributed by atoms with Crippen LogP contribution in [0.15, 0.2) is 79.1 Å². The molecular weight excluding hydrogens is 366 g/mol. The van der Waals surface area contributed by atoms with Crippen molar-refractivity contribution in [2.75, 3.05) is 6.61 Å². The van der Waals surface area contributed by atoms with Crippen molar-refractivity contribution in [1.29, 1.82) is 0 Å². The van der Waals surface area contributed by atoms with Crippen LogP contribution in [0.4, 0.5) is 0 Å². The Morgan fingerprint density at radius 2 is 1.79 bits per heavy atom. The number of benzene rings is 2. The van der Waals surface area contributed by atoms with Gasteiger partial charge < -0.3 is 15.0 Å². The molecule has 2 amide bonds. The minimum Gasteiger partial charge on any atom is -0.483 e. The normalized spacial score (nSPS) is 15.8. The summed E-state index contributed by atoms with van der Waals surface area (Å²) in [5.74, 6) is 0.0587. The maximum atomic E-state index is 13.3. The summed E-state index contributed by atoms with van der Waals surface area (Å²) in [6.07, 6.45) is 3.38. The average molecular weight is 387 g/mol. The lowest BCUT2D eigenvalue weighted by Gasteiger charge is -2.29. The highest BCUT2D eigenvalue weighted by Gasteiger charge is 2.36. The van der Waals surface area contributed by atoms with Crippen LogP contribution < -0.4 is 10.1 Å². The third kappa shape index (κ3) is 4.27. The first kappa shape index (κ1) is 18.7. The topological polar surface area (TPSA) is 71.5 Å². The number of fused-ring (bicyclic) bond motifs is 1. The van der Waals surface area contributed by atoms with Crippen molar-refractivity contribution in [3.05, 3.63) is 95.8 Å². The number of hydrogen-bond acceptors (Lipinski definition) is 4. The van der Waals surface area contributed by atoms with Crippen LogP contribution in [0.25, 0.3) is 0 Å². The summed E-state index contributed by atoms with van der Waals surface area (Å²) in [6.45, 7) is 0.543. The SMILES string of the molecule is O=C(NCc1ccccc1)C1c2ccccc2OCC(=O)N1Cc1cccnc1. The summed E-state index contributed by atoms with van der Waals surface area (Å²) in [7, 11) is 0.